The molecule has 0 aliphatic rings. The van der Waals surface area contributed by atoms with E-state index in [1.165, 1.54) is 10.9 Å². The van der Waals surface area contributed by atoms with Crippen LogP contribution in [0.15, 0.2) is 24.4 Å². The van der Waals surface area contributed by atoms with Crippen LogP contribution in [-0.2, 0) is 6.42 Å². The highest BCUT2D eigenvalue weighted by Gasteiger charge is 2.06. The molecule has 0 atom stereocenters. The first-order valence-electron chi connectivity index (χ1n) is 4.70. The minimum Gasteiger partial charge on any atom is -0.495 e. The quantitative estimate of drug-likeness (QED) is 0.773. The first-order chi connectivity index (χ1) is 6.86. The van der Waals surface area contributed by atoms with Gasteiger partial charge in [0.2, 0.25) is 0 Å². The van der Waals surface area contributed by atoms with Gasteiger partial charge in [0, 0.05) is 11.6 Å². The van der Waals surface area contributed by atoms with Crippen LogP contribution >= 0.6 is 0 Å². The summed E-state index contributed by atoms with van der Waals surface area (Å²) in [5, 5.41) is 1.20. The van der Waals surface area contributed by atoms with Gasteiger partial charge in [-0.05, 0) is 30.7 Å². The molecule has 0 saturated heterocycles. The van der Waals surface area contributed by atoms with Gasteiger partial charge < -0.3 is 15.5 Å². The molecule has 0 spiro atoms. The summed E-state index contributed by atoms with van der Waals surface area (Å²) in [5.74, 6) is 0.880. The molecule has 0 radical (unpaired) electrons. The highest BCUT2D eigenvalue weighted by atomic mass is 16.5. The molecule has 1 aromatic heterocycles. The molecule has 14 heavy (non-hydrogen) atoms. The number of methoxy groups -OCH3 is 1. The zero-order valence-electron chi connectivity index (χ0n) is 8.21. The Morgan fingerprint density at radius 3 is 2.93 bits per heavy atom. The Bertz CT molecular complexity index is 434. The average molecular weight is 190 g/mol. The van der Waals surface area contributed by atoms with E-state index in [2.05, 4.69) is 17.1 Å². The maximum absolute atomic E-state index is 5.55. The van der Waals surface area contributed by atoms with Gasteiger partial charge in [-0.2, -0.15) is 0 Å². The smallest absolute Gasteiger partial charge is 0.142 e. The standard InChI is InChI=1S/C11H14N2O/c1-14-10-3-2-8(4-6-12)9-5-7-13-11(9)10/h2-3,5,7,13H,4,6,12H2,1H3. The van der Waals surface area contributed by atoms with Crippen LogP contribution in [0.2, 0.25) is 0 Å². The van der Waals surface area contributed by atoms with E-state index in [9.17, 15) is 0 Å². The molecule has 0 bridgehead atoms. The summed E-state index contributed by atoms with van der Waals surface area (Å²) >= 11 is 0. The maximum atomic E-state index is 5.55. The Kier molecular flexibility index (Phi) is 2.41. The number of hydrogen-bond acceptors (Lipinski definition) is 2. The lowest BCUT2D eigenvalue weighted by molar-refractivity contribution is 0.419. The van der Waals surface area contributed by atoms with E-state index in [1.54, 1.807) is 7.11 Å². The molecule has 0 fully saturated rings. The number of nitrogens with two attached hydrogens (primary N) is 1. The van der Waals surface area contributed by atoms with Crippen molar-refractivity contribution in [2.45, 2.75) is 6.42 Å². The van der Waals surface area contributed by atoms with Crippen molar-refractivity contribution in [1.29, 1.82) is 0 Å². The van der Waals surface area contributed by atoms with E-state index in [-0.39, 0.29) is 0 Å². The molecule has 0 amide bonds. The SMILES string of the molecule is COc1ccc(CCN)c2cc[nH]c12. The highest BCUT2D eigenvalue weighted by molar-refractivity contribution is 5.88. The van der Waals surface area contributed by atoms with Gasteiger partial charge in [0.15, 0.2) is 0 Å². The molecule has 2 rings (SSSR count). The van der Waals surface area contributed by atoms with Crippen LogP contribution in [-0.4, -0.2) is 18.6 Å². The van der Waals surface area contributed by atoms with Crippen molar-refractivity contribution in [3.8, 4) is 5.75 Å². The van der Waals surface area contributed by atoms with E-state index < -0.39 is 0 Å². The van der Waals surface area contributed by atoms with E-state index in [0.717, 1.165) is 17.7 Å². The zero-order chi connectivity index (χ0) is 9.97. The summed E-state index contributed by atoms with van der Waals surface area (Å²) in [6.45, 7) is 0.673. The topological polar surface area (TPSA) is 51.0 Å². The summed E-state index contributed by atoms with van der Waals surface area (Å²) in [4.78, 5) is 3.17. The van der Waals surface area contributed by atoms with Crippen LogP contribution in [0, 0.1) is 0 Å². The second-order valence-electron chi connectivity index (χ2n) is 3.23. The van der Waals surface area contributed by atoms with Crippen molar-refractivity contribution in [1.82, 2.24) is 4.98 Å². The van der Waals surface area contributed by atoms with Crippen LogP contribution in [0.1, 0.15) is 5.56 Å². The Morgan fingerprint density at radius 1 is 1.36 bits per heavy atom. The van der Waals surface area contributed by atoms with Crippen LogP contribution < -0.4 is 10.5 Å². The molecule has 0 saturated carbocycles. The van der Waals surface area contributed by atoms with Crippen molar-refractivity contribution in [2.75, 3.05) is 13.7 Å². The highest BCUT2D eigenvalue weighted by Crippen LogP contribution is 2.27. The van der Waals surface area contributed by atoms with Gasteiger partial charge in [0.05, 0.1) is 12.6 Å². The third kappa shape index (κ3) is 1.36. The first kappa shape index (κ1) is 9.09. The van der Waals surface area contributed by atoms with Crippen molar-refractivity contribution < 1.29 is 4.74 Å². The lowest BCUT2D eigenvalue weighted by Crippen LogP contribution is -2.03. The Balaban J connectivity index is 2.59. The van der Waals surface area contributed by atoms with Crippen LogP contribution in [0.3, 0.4) is 0 Å². The molecule has 1 aromatic carbocycles. The normalized spacial score (nSPS) is 10.7. The number of fused-ring (bicyclic) bond motifs is 1. The summed E-state index contributed by atoms with van der Waals surface area (Å²) in [7, 11) is 1.68. The number of benzene rings is 1. The number of aromatic nitrogens is 1. The predicted molar refractivity (Wildman–Crippen MR) is 57.6 cm³/mol. The average Bonchev–Trinajstić information content (AvgIpc) is 2.67. The zero-order valence-corrected chi connectivity index (χ0v) is 8.21. The molecule has 0 aliphatic carbocycles. The third-order valence-corrected chi connectivity index (χ3v) is 2.41. The molecular formula is C11H14N2O. The van der Waals surface area contributed by atoms with Gasteiger partial charge in [-0.25, -0.2) is 0 Å². The number of aromatic amines is 1. The number of nitrogens with one attached hydrogen (secondary N) is 1. The number of ether oxygens (including phenoxy) is 1. The summed E-state index contributed by atoms with van der Waals surface area (Å²) < 4.78 is 5.26. The molecule has 3 N–H and O–H groups in total. The first-order valence-corrected chi connectivity index (χ1v) is 4.70. The number of H-pyrrole nitrogens is 1. The maximum Gasteiger partial charge on any atom is 0.142 e. The fraction of sp³-hybridized carbons (Fsp3) is 0.273. The van der Waals surface area contributed by atoms with E-state index >= 15 is 0 Å². The minimum absolute atomic E-state index is 0.673. The molecule has 0 unspecified atom stereocenters. The molecule has 2 aromatic rings. The Hall–Kier alpha value is -1.48. The number of rotatable bonds is 3. The summed E-state index contributed by atoms with van der Waals surface area (Å²) in [6.07, 6.45) is 2.82. The molecule has 3 heteroatoms. The van der Waals surface area contributed by atoms with Crippen LogP contribution in [0.4, 0.5) is 0 Å². The second kappa shape index (κ2) is 3.72. The van der Waals surface area contributed by atoms with Crippen molar-refractivity contribution in [3.63, 3.8) is 0 Å². The van der Waals surface area contributed by atoms with Gasteiger partial charge in [-0.15, -0.1) is 0 Å². The van der Waals surface area contributed by atoms with Crippen molar-refractivity contribution in [3.05, 3.63) is 30.0 Å². The fourth-order valence-electron chi connectivity index (χ4n) is 1.73. The van der Waals surface area contributed by atoms with Gasteiger partial charge in [-0.3, -0.25) is 0 Å². The van der Waals surface area contributed by atoms with E-state index in [4.69, 9.17) is 10.5 Å². The molecule has 0 aliphatic heterocycles. The number of hydrogen-bond donors (Lipinski definition) is 2. The lowest BCUT2D eigenvalue weighted by Gasteiger charge is -2.05. The molecule has 74 valence electrons. The molecule has 3 nitrogen and oxygen atoms in total. The Labute approximate surface area is 82.9 Å². The molecule has 1 heterocycles. The Morgan fingerprint density at radius 2 is 2.21 bits per heavy atom. The molecular weight excluding hydrogens is 176 g/mol. The monoisotopic (exact) mass is 190 g/mol. The van der Waals surface area contributed by atoms with Crippen LogP contribution in [0.5, 0.6) is 5.75 Å². The van der Waals surface area contributed by atoms with Gasteiger partial charge in [0.1, 0.15) is 5.75 Å². The lowest BCUT2D eigenvalue weighted by atomic mass is 10.1. The minimum atomic E-state index is 0.673. The van der Waals surface area contributed by atoms with E-state index in [1.807, 2.05) is 12.3 Å². The predicted octanol–water partition coefficient (Wildman–Crippen LogP) is 1.68. The third-order valence-electron chi connectivity index (χ3n) is 2.41. The van der Waals surface area contributed by atoms with Crippen molar-refractivity contribution >= 4 is 10.9 Å². The van der Waals surface area contributed by atoms with Crippen molar-refractivity contribution in [2.24, 2.45) is 5.73 Å². The largest absolute Gasteiger partial charge is 0.495 e. The van der Waals surface area contributed by atoms with Gasteiger partial charge >= 0.3 is 0 Å². The summed E-state index contributed by atoms with van der Waals surface area (Å²) in [6, 6.07) is 6.11. The second-order valence-corrected chi connectivity index (χ2v) is 3.23. The van der Waals surface area contributed by atoms with Crippen LogP contribution in [0.25, 0.3) is 10.9 Å². The van der Waals surface area contributed by atoms with E-state index in [0.29, 0.717) is 6.54 Å². The van der Waals surface area contributed by atoms with Gasteiger partial charge in [0.25, 0.3) is 0 Å². The summed E-state index contributed by atoms with van der Waals surface area (Å²) in [5.41, 5.74) is 7.87. The fourth-order valence-corrected chi connectivity index (χ4v) is 1.73. The van der Waals surface area contributed by atoms with Gasteiger partial charge in [-0.1, -0.05) is 6.07 Å².